The predicted octanol–water partition coefficient (Wildman–Crippen LogP) is 2.78. The number of carbonyl (C=O) groups excluding carboxylic acids is 1. The van der Waals surface area contributed by atoms with E-state index < -0.39 is 0 Å². The summed E-state index contributed by atoms with van der Waals surface area (Å²) in [5.41, 5.74) is 0.633. The Morgan fingerprint density at radius 1 is 1.62 bits per heavy atom. The largest absolute Gasteiger partial charge is 0.298 e. The maximum absolute atomic E-state index is 10.3. The van der Waals surface area contributed by atoms with E-state index in [-0.39, 0.29) is 0 Å². The molecule has 0 saturated heterocycles. The van der Waals surface area contributed by atoms with Gasteiger partial charge in [0.1, 0.15) is 0 Å². The van der Waals surface area contributed by atoms with Crippen LogP contribution in [0.1, 0.15) is 30.6 Å². The van der Waals surface area contributed by atoms with Crippen LogP contribution >= 0.6 is 11.8 Å². The van der Waals surface area contributed by atoms with E-state index in [4.69, 9.17) is 0 Å². The third kappa shape index (κ3) is 3.19. The van der Waals surface area contributed by atoms with Crippen LogP contribution in [0, 0.1) is 0 Å². The smallest absolute Gasteiger partial charge is 0.151 e. The number of carbonyl (C=O) groups is 1. The fraction of sp³-hybridized carbons (Fsp3) is 0.400. The van der Waals surface area contributed by atoms with Crippen molar-refractivity contribution in [1.29, 1.82) is 0 Å². The minimum absolute atomic E-state index is 0.578. The van der Waals surface area contributed by atoms with Gasteiger partial charge in [-0.05, 0) is 18.6 Å². The summed E-state index contributed by atoms with van der Waals surface area (Å²) in [4.78, 5) is 14.5. The first-order valence-corrected chi connectivity index (χ1v) is 5.22. The summed E-state index contributed by atoms with van der Waals surface area (Å²) in [7, 11) is 0. The van der Waals surface area contributed by atoms with Crippen LogP contribution in [0.2, 0.25) is 0 Å². The van der Waals surface area contributed by atoms with Gasteiger partial charge in [0.2, 0.25) is 0 Å². The predicted molar refractivity (Wildman–Crippen MR) is 55.2 cm³/mol. The summed E-state index contributed by atoms with van der Waals surface area (Å²) < 4.78 is 0. The van der Waals surface area contributed by atoms with Gasteiger partial charge < -0.3 is 0 Å². The van der Waals surface area contributed by atoms with E-state index in [1.165, 1.54) is 0 Å². The Morgan fingerprint density at radius 2 is 2.38 bits per heavy atom. The second-order valence-electron chi connectivity index (χ2n) is 2.88. The lowest BCUT2D eigenvalue weighted by Gasteiger charge is -2.06. The van der Waals surface area contributed by atoms with E-state index in [1.807, 2.05) is 6.07 Å². The van der Waals surface area contributed by atoms with Gasteiger partial charge in [0.15, 0.2) is 6.29 Å². The van der Waals surface area contributed by atoms with Gasteiger partial charge in [-0.2, -0.15) is 0 Å². The molecule has 0 spiro atoms. The van der Waals surface area contributed by atoms with Gasteiger partial charge in [0.05, 0.1) is 5.03 Å². The average Bonchev–Trinajstić information content (AvgIpc) is 2.19. The highest BCUT2D eigenvalue weighted by Crippen LogP contribution is 2.22. The van der Waals surface area contributed by atoms with Crippen LogP contribution in [0.5, 0.6) is 0 Å². The second-order valence-corrected chi connectivity index (χ2v) is 4.34. The fourth-order valence-corrected chi connectivity index (χ4v) is 1.66. The van der Waals surface area contributed by atoms with Crippen molar-refractivity contribution in [3.8, 4) is 0 Å². The average molecular weight is 195 g/mol. The number of rotatable bonds is 4. The minimum Gasteiger partial charge on any atom is -0.298 e. The molecule has 0 aliphatic heterocycles. The zero-order valence-corrected chi connectivity index (χ0v) is 8.67. The Balaban J connectivity index is 2.63. The molecule has 1 rings (SSSR count). The molecule has 2 nitrogen and oxygen atoms in total. The third-order valence-corrected chi connectivity index (χ3v) is 3.01. The third-order valence-electron chi connectivity index (χ3n) is 1.79. The van der Waals surface area contributed by atoms with E-state index >= 15 is 0 Å². The number of nitrogens with zero attached hydrogens (tertiary/aromatic N) is 1. The highest BCUT2D eigenvalue weighted by atomic mass is 32.2. The molecule has 0 radical (unpaired) electrons. The molecular formula is C10H13NOS. The zero-order chi connectivity index (χ0) is 9.68. The van der Waals surface area contributed by atoms with Gasteiger partial charge >= 0.3 is 0 Å². The van der Waals surface area contributed by atoms with Gasteiger partial charge in [-0.3, -0.25) is 4.79 Å². The Bertz CT molecular complexity index is 271. The van der Waals surface area contributed by atoms with Crippen molar-refractivity contribution in [2.24, 2.45) is 0 Å². The topological polar surface area (TPSA) is 30.0 Å². The maximum Gasteiger partial charge on any atom is 0.151 e. The van der Waals surface area contributed by atoms with Gasteiger partial charge in [0, 0.05) is 17.0 Å². The first-order chi connectivity index (χ1) is 6.26. The molecule has 13 heavy (non-hydrogen) atoms. The van der Waals surface area contributed by atoms with E-state index in [1.54, 1.807) is 24.0 Å². The molecule has 1 atom stereocenters. The number of aldehydes is 1. The molecule has 0 N–H and O–H groups in total. The number of hydrogen-bond acceptors (Lipinski definition) is 3. The monoisotopic (exact) mass is 195 g/mol. The van der Waals surface area contributed by atoms with Crippen LogP contribution in [0.25, 0.3) is 0 Å². The number of pyridine rings is 1. The van der Waals surface area contributed by atoms with Crippen molar-refractivity contribution >= 4 is 18.0 Å². The second kappa shape index (κ2) is 5.02. The zero-order valence-electron chi connectivity index (χ0n) is 7.86. The van der Waals surface area contributed by atoms with Crippen molar-refractivity contribution in [3.05, 3.63) is 23.9 Å². The van der Waals surface area contributed by atoms with Crippen LogP contribution in [0.3, 0.4) is 0 Å². The van der Waals surface area contributed by atoms with Crippen molar-refractivity contribution in [3.63, 3.8) is 0 Å². The lowest BCUT2D eigenvalue weighted by atomic mass is 10.3. The Labute approximate surface area is 82.8 Å². The van der Waals surface area contributed by atoms with Crippen molar-refractivity contribution in [2.75, 3.05) is 0 Å². The first-order valence-electron chi connectivity index (χ1n) is 4.34. The van der Waals surface area contributed by atoms with E-state index in [0.717, 1.165) is 17.7 Å². The fourth-order valence-electron chi connectivity index (χ4n) is 0.821. The number of thioether (sulfide) groups is 1. The van der Waals surface area contributed by atoms with E-state index in [9.17, 15) is 4.79 Å². The molecule has 70 valence electrons. The van der Waals surface area contributed by atoms with E-state index in [2.05, 4.69) is 18.8 Å². The summed E-state index contributed by atoms with van der Waals surface area (Å²) in [6.07, 6.45) is 3.55. The molecular weight excluding hydrogens is 182 g/mol. The Morgan fingerprint density at radius 3 is 2.85 bits per heavy atom. The number of hydrogen-bond donors (Lipinski definition) is 0. The minimum atomic E-state index is 0.578. The van der Waals surface area contributed by atoms with Crippen LogP contribution in [0.4, 0.5) is 0 Å². The SMILES string of the molecule is CCC(C)Sc1ccc(C=O)cn1. The summed E-state index contributed by atoms with van der Waals surface area (Å²) >= 11 is 1.74. The van der Waals surface area contributed by atoms with Gasteiger partial charge in [-0.1, -0.05) is 13.8 Å². The lowest BCUT2D eigenvalue weighted by Crippen LogP contribution is -1.93. The molecule has 0 amide bonds. The van der Waals surface area contributed by atoms with E-state index in [0.29, 0.717) is 10.8 Å². The molecule has 0 aliphatic rings. The molecule has 0 fully saturated rings. The van der Waals surface area contributed by atoms with Crippen molar-refractivity contribution in [1.82, 2.24) is 4.98 Å². The van der Waals surface area contributed by atoms with Crippen LogP contribution < -0.4 is 0 Å². The summed E-state index contributed by atoms with van der Waals surface area (Å²) in [6.45, 7) is 4.32. The molecule has 3 heteroatoms. The maximum atomic E-state index is 10.3. The molecule has 0 aromatic carbocycles. The standard InChI is InChI=1S/C10H13NOS/c1-3-8(2)13-10-5-4-9(7-12)6-11-10/h4-8H,3H2,1-2H3. The number of aromatic nitrogens is 1. The first kappa shape index (κ1) is 10.3. The molecule has 1 unspecified atom stereocenters. The van der Waals surface area contributed by atoms with Gasteiger partial charge in [0.25, 0.3) is 0 Å². The van der Waals surface area contributed by atoms with Crippen molar-refractivity contribution < 1.29 is 4.79 Å². The molecule has 0 aliphatic carbocycles. The highest BCUT2D eigenvalue weighted by molar-refractivity contribution is 7.99. The van der Waals surface area contributed by atoms with Crippen LogP contribution in [0.15, 0.2) is 23.4 Å². The highest BCUT2D eigenvalue weighted by Gasteiger charge is 2.02. The lowest BCUT2D eigenvalue weighted by molar-refractivity contribution is 0.112. The van der Waals surface area contributed by atoms with Crippen LogP contribution in [-0.2, 0) is 0 Å². The quantitative estimate of drug-likeness (QED) is 0.546. The molecule has 1 aromatic rings. The van der Waals surface area contributed by atoms with Crippen molar-refractivity contribution in [2.45, 2.75) is 30.5 Å². The summed E-state index contributed by atoms with van der Waals surface area (Å²) in [6, 6.07) is 3.69. The normalized spacial score (nSPS) is 12.5. The Hall–Kier alpha value is -0.830. The molecule has 1 heterocycles. The summed E-state index contributed by atoms with van der Waals surface area (Å²) in [5.74, 6) is 0. The molecule has 0 bridgehead atoms. The summed E-state index contributed by atoms with van der Waals surface area (Å²) in [5, 5.41) is 1.56. The molecule has 1 aromatic heterocycles. The van der Waals surface area contributed by atoms with Gasteiger partial charge in [-0.25, -0.2) is 4.98 Å². The van der Waals surface area contributed by atoms with Gasteiger partial charge in [-0.15, -0.1) is 11.8 Å². The van der Waals surface area contributed by atoms with Crippen LogP contribution in [-0.4, -0.2) is 16.5 Å². The Kier molecular flexibility index (Phi) is 3.96. The molecule has 0 saturated carbocycles.